The largest absolute Gasteiger partial charge is 0.319 e. The van der Waals surface area contributed by atoms with Crippen molar-refractivity contribution in [2.45, 2.75) is 0 Å². The number of halogens is 1. The second-order valence-corrected chi connectivity index (χ2v) is 6.28. The topological polar surface area (TPSA) is 40.9 Å². The number of nitriles is 1. The minimum atomic E-state index is -2.56. The maximum absolute atomic E-state index is 13.0. The molecule has 0 unspecified atom stereocenters. The fraction of sp³-hybridized carbons (Fsp3) is 0.222. The van der Waals surface area contributed by atoms with Gasteiger partial charge in [0.25, 0.3) is 0 Å². The molecule has 0 amide bonds. The second-order valence-electron chi connectivity index (χ2n) is 3.10. The predicted molar refractivity (Wildman–Crippen MR) is 50.2 cm³/mol. The molecule has 0 aliphatic heterocycles. The third-order valence-electron chi connectivity index (χ3n) is 1.68. The van der Waals surface area contributed by atoms with Crippen molar-refractivity contribution in [3.05, 3.63) is 29.6 Å². The zero-order chi connectivity index (χ0) is 10.1. The zero-order valence-electron chi connectivity index (χ0n) is 7.41. The summed E-state index contributed by atoms with van der Waals surface area (Å²) < 4.78 is 24.7. The van der Waals surface area contributed by atoms with Crippen LogP contribution in [0.4, 0.5) is 4.39 Å². The number of hydrogen-bond acceptors (Lipinski definition) is 2. The monoisotopic (exact) mass is 197 g/mol. The van der Waals surface area contributed by atoms with Crippen LogP contribution in [0.1, 0.15) is 5.56 Å². The Labute approximate surface area is 76.4 Å². The highest BCUT2D eigenvalue weighted by Crippen LogP contribution is 2.36. The van der Waals surface area contributed by atoms with Gasteiger partial charge in [-0.15, -0.1) is 0 Å². The van der Waals surface area contributed by atoms with Crippen molar-refractivity contribution in [1.82, 2.24) is 0 Å². The smallest absolute Gasteiger partial charge is 0.141 e. The van der Waals surface area contributed by atoms with Gasteiger partial charge < -0.3 is 4.57 Å². The van der Waals surface area contributed by atoms with E-state index in [2.05, 4.69) is 0 Å². The highest BCUT2D eigenvalue weighted by Gasteiger charge is 2.18. The van der Waals surface area contributed by atoms with E-state index in [1.807, 2.05) is 0 Å². The van der Waals surface area contributed by atoms with Crippen LogP contribution in [0.15, 0.2) is 18.2 Å². The SMILES string of the molecule is CP(C)(=O)c1cccc(F)c1C#N. The molecule has 0 bridgehead atoms. The first-order valence-electron chi connectivity index (χ1n) is 3.71. The fourth-order valence-electron chi connectivity index (χ4n) is 1.07. The van der Waals surface area contributed by atoms with Crippen molar-refractivity contribution in [3.63, 3.8) is 0 Å². The molecule has 4 heteroatoms. The Morgan fingerprint density at radius 3 is 2.46 bits per heavy atom. The lowest BCUT2D eigenvalue weighted by molar-refractivity contribution is 0.587. The molecule has 0 fully saturated rings. The minimum absolute atomic E-state index is 0.101. The van der Waals surface area contributed by atoms with Crippen LogP contribution in [0.5, 0.6) is 0 Å². The normalized spacial score (nSPS) is 10.9. The van der Waals surface area contributed by atoms with Gasteiger partial charge in [0.15, 0.2) is 0 Å². The lowest BCUT2D eigenvalue weighted by Crippen LogP contribution is -2.09. The highest BCUT2D eigenvalue weighted by atomic mass is 31.2. The van der Waals surface area contributed by atoms with Gasteiger partial charge >= 0.3 is 0 Å². The highest BCUT2D eigenvalue weighted by molar-refractivity contribution is 7.70. The molecule has 0 N–H and O–H groups in total. The molecule has 1 aromatic carbocycles. The van der Waals surface area contributed by atoms with E-state index in [0.717, 1.165) is 0 Å². The van der Waals surface area contributed by atoms with Crippen LogP contribution in [0.2, 0.25) is 0 Å². The van der Waals surface area contributed by atoms with Gasteiger partial charge in [-0.2, -0.15) is 5.26 Å². The molecule has 0 spiro atoms. The van der Waals surface area contributed by atoms with Crippen LogP contribution in [0.3, 0.4) is 0 Å². The number of nitrogens with zero attached hydrogens (tertiary/aromatic N) is 1. The van der Waals surface area contributed by atoms with Crippen LogP contribution in [0.25, 0.3) is 0 Å². The molecule has 0 aromatic heterocycles. The van der Waals surface area contributed by atoms with Crippen LogP contribution >= 0.6 is 7.14 Å². The molecule has 68 valence electrons. The molecular weight excluding hydrogens is 188 g/mol. The lowest BCUT2D eigenvalue weighted by atomic mass is 10.2. The summed E-state index contributed by atoms with van der Waals surface area (Å²) in [7, 11) is -2.56. The summed E-state index contributed by atoms with van der Waals surface area (Å²) in [6.07, 6.45) is 0. The van der Waals surface area contributed by atoms with E-state index in [4.69, 9.17) is 5.26 Å². The van der Waals surface area contributed by atoms with E-state index in [9.17, 15) is 8.96 Å². The Bertz CT molecular complexity index is 416. The predicted octanol–water partition coefficient (Wildman–Crippen LogP) is 1.95. The maximum Gasteiger partial charge on any atom is 0.141 e. The number of hydrogen-bond donors (Lipinski definition) is 0. The molecule has 0 atom stereocenters. The first kappa shape index (κ1) is 9.95. The molecule has 0 aliphatic rings. The molecule has 0 aliphatic carbocycles. The molecule has 0 saturated carbocycles. The summed E-state index contributed by atoms with van der Waals surface area (Å²) >= 11 is 0. The van der Waals surface area contributed by atoms with Crippen LogP contribution in [0, 0.1) is 17.1 Å². The third kappa shape index (κ3) is 1.96. The second kappa shape index (κ2) is 3.32. The van der Waals surface area contributed by atoms with Crippen molar-refractivity contribution >= 4 is 12.4 Å². The molecular formula is C9H9FNOP. The number of benzene rings is 1. The summed E-state index contributed by atoms with van der Waals surface area (Å²) in [6.45, 7) is 3.03. The Balaban J connectivity index is 3.49. The quantitative estimate of drug-likeness (QED) is 0.645. The van der Waals surface area contributed by atoms with E-state index in [0.29, 0.717) is 5.30 Å². The average molecular weight is 197 g/mol. The minimum Gasteiger partial charge on any atom is -0.319 e. The van der Waals surface area contributed by atoms with E-state index in [1.165, 1.54) is 31.5 Å². The summed E-state index contributed by atoms with van der Waals surface area (Å²) in [5.41, 5.74) is -0.101. The Morgan fingerprint density at radius 2 is 2.08 bits per heavy atom. The number of rotatable bonds is 1. The molecule has 2 nitrogen and oxygen atoms in total. The van der Waals surface area contributed by atoms with Crippen LogP contribution < -0.4 is 5.30 Å². The summed E-state index contributed by atoms with van der Waals surface area (Å²) in [6, 6.07) is 5.91. The van der Waals surface area contributed by atoms with Crippen molar-refractivity contribution in [2.24, 2.45) is 0 Å². The van der Waals surface area contributed by atoms with Crippen LogP contribution in [-0.4, -0.2) is 13.3 Å². The van der Waals surface area contributed by atoms with Crippen LogP contribution in [-0.2, 0) is 4.57 Å². The Morgan fingerprint density at radius 1 is 1.46 bits per heavy atom. The maximum atomic E-state index is 13.0. The Kier molecular flexibility index (Phi) is 2.54. The summed E-state index contributed by atoms with van der Waals surface area (Å²) in [5.74, 6) is -0.607. The molecule has 13 heavy (non-hydrogen) atoms. The molecule has 1 rings (SSSR count). The molecule has 1 aromatic rings. The van der Waals surface area contributed by atoms with Crippen molar-refractivity contribution in [3.8, 4) is 6.07 Å². The zero-order valence-corrected chi connectivity index (χ0v) is 8.31. The van der Waals surface area contributed by atoms with Gasteiger partial charge in [0.05, 0.1) is 5.56 Å². The standard InChI is InChI=1S/C9H9FNOP/c1-13(2,12)9-5-3-4-8(10)7(9)6-11/h3-5H,1-2H3. The van der Waals surface area contributed by atoms with E-state index in [-0.39, 0.29) is 5.56 Å². The summed E-state index contributed by atoms with van der Waals surface area (Å²) in [4.78, 5) is 0. The van der Waals surface area contributed by atoms with Gasteiger partial charge in [0.2, 0.25) is 0 Å². The van der Waals surface area contributed by atoms with Gasteiger partial charge in [-0.25, -0.2) is 4.39 Å². The van der Waals surface area contributed by atoms with Crippen molar-refractivity contribution in [1.29, 1.82) is 5.26 Å². The van der Waals surface area contributed by atoms with Gasteiger partial charge in [-0.1, -0.05) is 6.07 Å². The first-order valence-corrected chi connectivity index (χ1v) is 6.31. The van der Waals surface area contributed by atoms with E-state index < -0.39 is 13.0 Å². The van der Waals surface area contributed by atoms with Crippen molar-refractivity contribution < 1.29 is 8.96 Å². The summed E-state index contributed by atoms with van der Waals surface area (Å²) in [5, 5.41) is 8.97. The molecule has 0 radical (unpaired) electrons. The average Bonchev–Trinajstić information content (AvgIpc) is 2.02. The lowest BCUT2D eigenvalue weighted by Gasteiger charge is -2.08. The van der Waals surface area contributed by atoms with Gasteiger partial charge in [0.1, 0.15) is 19.0 Å². The van der Waals surface area contributed by atoms with Crippen molar-refractivity contribution in [2.75, 3.05) is 13.3 Å². The third-order valence-corrected chi connectivity index (χ3v) is 3.22. The fourth-order valence-corrected chi connectivity index (χ4v) is 2.21. The van der Waals surface area contributed by atoms with Gasteiger partial charge in [-0.05, 0) is 25.5 Å². The molecule has 0 heterocycles. The first-order chi connectivity index (χ1) is 5.96. The molecule has 0 saturated heterocycles. The van der Waals surface area contributed by atoms with Gasteiger partial charge in [-0.3, -0.25) is 0 Å². The van der Waals surface area contributed by atoms with Gasteiger partial charge in [0, 0.05) is 5.30 Å². The Hall–Kier alpha value is -1.13. The van der Waals surface area contributed by atoms with E-state index >= 15 is 0 Å². The van der Waals surface area contributed by atoms with E-state index in [1.54, 1.807) is 6.07 Å².